The standard InChI is InChI=1S/C15H25NO4/c1-5-7-10-8-9-16(11(10)14(19)20)13(18)12(17)15(3,4)6-2/h10-11H,5-9H2,1-4H3,(H,19,20)/t10?,11-/m0/s1. The van der Waals surface area contributed by atoms with Gasteiger partial charge in [0, 0.05) is 12.0 Å². The van der Waals surface area contributed by atoms with Gasteiger partial charge in [-0.3, -0.25) is 9.59 Å². The van der Waals surface area contributed by atoms with Crippen LogP contribution < -0.4 is 0 Å². The predicted molar refractivity (Wildman–Crippen MR) is 75.2 cm³/mol. The second kappa shape index (κ2) is 6.37. The summed E-state index contributed by atoms with van der Waals surface area (Å²) in [5.41, 5.74) is -0.733. The Bertz CT molecular complexity index is 403. The van der Waals surface area contributed by atoms with E-state index in [1.807, 2.05) is 13.8 Å². The van der Waals surface area contributed by atoms with Gasteiger partial charge in [-0.1, -0.05) is 34.1 Å². The van der Waals surface area contributed by atoms with Crippen molar-refractivity contribution in [2.45, 2.75) is 59.4 Å². The van der Waals surface area contributed by atoms with Crippen molar-refractivity contribution in [2.75, 3.05) is 6.54 Å². The molecule has 2 atom stereocenters. The average molecular weight is 283 g/mol. The minimum absolute atomic E-state index is 0.0426. The van der Waals surface area contributed by atoms with Crippen LogP contribution in [0.25, 0.3) is 0 Å². The van der Waals surface area contributed by atoms with Gasteiger partial charge in [-0.25, -0.2) is 4.79 Å². The van der Waals surface area contributed by atoms with Gasteiger partial charge in [0.15, 0.2) is 0 Å². The maximum atomic E-state index is 12.3. The third-order valence-corrected chi connectivity index (χ3v) is 4.39. The highest BCUT2D eigenvalue weighted by molar-refractivity contribution is 6.38. The van der Waals surface area contributed by atoms with Crippen LogP contribution in [-0.2, 0) is 14.4 Å². The number of nitrogens with zero attached hydrogens (tertiary/aromatic N) is 1. The first-order chi connectivity index (χ1) is 9.26. The molecule has 1 heterocycles. The van der Waals surface area contributed by atoms with Crippen molar-refractivity contribution in [1.29, 1.82) is 0 Å². The molecular weight excluding hydrogens is 258 g/mol. The summed E-state index contributed by atoms with van der Waals surface area (Å²) < 4.78 is 0. The van der Waals surface area contributed by atoms with Gasteiger partial charge in [-0.15, -0.1) is 0 Å². The number of carboxylic acids is 1. The molecule has 0 saturated carbocycles. The quantitative estimate of drug-likeness (QED) is 0.757. The van der Waals surface area contributed by atoms with Gasteiger partial charge >= 0.3 is 5.97 Å². The summed E-state index contributed by atoms with van der Waals surface area (Å²) in [6, 6.07) is -0.848. The smallest absolute Gasteiger partial charge is 0.326 e. The third-order valence-electron chi connectivity index (χ3n) is 4.39. The first-order valence-corrected chi connectivity index (χ1v) is 7.34. The van der Waals surface area contributed by atoms with Crippen LogP contribution in [0.1, 0.15) is 53.4 Å². The van der Waals surface area contributed by atoms with Crippen molar-refractivity contribution < 1.29 is 19.5 Å². The van der Waals surface area contributed by atoms with Crippen LogP contribution in [0.5, 0.6) is 0 Å². The van der Waals surface area contributed by atoms with Crippen molar-refractivity contribution in [3.8, 4) is 0 Å². The lowest BCUT2D eigenvalue weighted by Crippen LogP contribution is -2.49. The number of carbonyl (C=O) groups excluding carboxylic acids is 2. The highest BCUT2D eigenvalue weighted by atomic mass is 16.4. The van der Waals surface area contributed by atoms with Crippen LogP contribution >= 0.6 is 0 Å². The van der Waals surface area contributed by atoms with E-state index in [1.54, 1.807) is 13.8 Å². The molecule has 5 heteroatoms. The fraction of sp³-hybridized carbons (Fsp3) is 0.800. The highest BCUT2D eigenvalue weighted by Crippen LogP contribution is 2.31. The summed E-state index contributed by atoms with van der Waals surface area (Å²) >= 11 is 0. The molecule has 114 valence electrons. The average Bonchev–Trinajstić information content (AvgIpc) is 2.81. The van der Waals surface area contributed by atoms with E-state index in [9.17, 15) is 19.5 Å². The van der Waals surface area contributed by atoms with E-state index in [0.717, 1.165) is 12.8 Å². The predicted octanol–water partition coefficient (Wildman–Crippen LogP) is 2.09. The molecule has 1 aliphatic rings. The summed E-state index contributed by atoms with van der Waals surface area (Å²) in [6.07, 6.45) is 2.87. The van der Waals surface area contributed by atoms with Crippen LogP contribution in [0.3, 0.4) is 0 Å². The number of carboxylic acid groups (broad SMARTS) is 1. The molecule has 1 rings (SSSR count). The Balaban J connectivity index is 2.92. The number of amides is 1. The molecule has 1 aliphatic heterocycles. The van der Waals surface area contributed by atoms with Gasteiger partial charge in [0.25, 0.3) is 5.91 Å². The highest BCUT2D eigenvalue weighted by Gasteiger charge is 2.45. The number of rotatable bonds is 6. The SMILES string of the molecule is CCCC1CCN(C(=O)C(=O)C(C)(C)CC)[C@@H]1C(=O)O. The second-order valence-electron chi connectivity index (χ2n) is 6.19. The molecule has 1 fully saturated rings. The number of ketones is 1. The van der Waals surface area contributed by atoms with Crippen molar-refractivity contribution in [1.82, 2.24) is 4.90 Å². The molecule has 0 aromatic heterocycles. The van der Waals surface area contributed by atoms with E-state index in [-0.39, 0.29) is 5.92 Å². The Labute approximate surface area is 120 Å². The van der Waals surface area contributed by atoms with E-state index in [0.29, 0.717) is 19.4 Å². The van der Waals surface area contributed by atoms with E-state index in [1.165, 1.54) is 4.90 Å². The van der Waals surface area contributed by atoms with Gasteiger partial charge in [-0.2, -0.15) is 0 Å². The van der Waals surface area contributed by atoms with E-state index >= 15 is 0 Å². The number of aliphatic carboxylic acids is 1. The van der Waals surface area contributed by atoms with Gasteiger partial charge in [0.05, 0.1) is 0 Å². The van der Waals surface area contributed by atoms with Crippen LogP contribution in [0.2, 0.25) is 0 Å². The molecule has 0 aromatic rings. The monoisotopic (exact) mass is 283 g/mol. The lowest BCUT2D eigenvalue weighted by molar-refractivity contribution is -0.155. The first-order valence-electron chi connectivity index (χ1n) is 7.34. The molecular formula is C15H25NO4. The zero-order valence-corrected chi connectivity index (χ0v) is 12.8. The summed E-state index contributed by atoms with van der Waals surface area (Å²) in [7, 11) is 0. The Morgan fingerprint density at radius 2 is 1.85 bits per heavy atom. The topological polar surface area (TPSA) is 74.7 Å². The molecule has 5 nitrogen and oxygen atoms in total. The Hall–Kier alpha value is -1.39. The summed E-state index contributed by atoms with van der Waals surface area (Å²) in [6.45, 7) is 7.66. The summed E-state index contributed by atoms with van der Waals surface area (Å²) in [5.74, 6) is -2.17. The number of Topliss-reactive ketones (excluding diaryl/α,β-unsaturated/α-hetero) is 1. The minimum atomic E-state index is -1.00. The Morgan fingerprint density at radius 3 is 2.30 bits per heavy atom. The summed E-state index contributed by atoms with van der Waals surface area (Å²) in [4.78, 5) is 37.3. The third kappa shape index (κ3) is 3.19. The molecule has 1 saturated heterocycles. The molecule has 0 aromatic carbocycles. The van der Waals surface area contributed by atoms with Crippen LogP contribution in [0.4, 0.5) is 0 Å². The molecule has 0 bridgehead atoms. The lowest BCUT2D eigenvalue weighted by Gasteiger charge is -2.28. The van der Waals surface area contributed by atoms with Crippen LogP contribution in [0.15, 0.2) is 0 Å². The summed E-state index contributed by atoms with van der Waals surface area (Å²) in [5, 5.41) is 9.37. The van der Waals surface area contributed by atoms with Crippen molar-refractivity contribution >= 4 is 17.7 Å². The largest absolute Gasteiger partial charge is 0.480 e. The zero-order chi connectivity index (χ0) is 15.5. The van der Waals surface area contributed by atoms with E-state index < -0.39 is 29.1 Å². The van der Waals surface area contributed by atoms with Gasteiger partial charge in [0.1, 0.15) is 6.04 Å². The molecule has 0 aliphatic carbocycles. The number of likely N-dealkylation sites (tertiary alicyclic amines) is 1. The van der Waals surface area contributed by atoms with Crippen molar-refractivity contribution in [2.24, 2.45) is 11.3 Å². The zero-order valence-electron chi connectivity index (χ0n) is 12.8. The van der Waals surface area contributed by atoms with Gasteiger partial charge in [0.2, 0.25) is 5.78 Å². The number of hydrogen-bond donors (Lipinski definition) is 1. The molecule has 1 unspecified atom stereocenters. The minimum Gasteiger partial charge on any atom is -0.480 e. The molecule has 0 radical (unpaired) electrons. The Kier molecular flexibility index (Phi) is 5.31. The fourth-order valence-corrected chi connectivity index (χ4v) is 2.67. The lowest BCUT2D eigenvalue weighted by atomic mass is 9.84. The van der Waals surface area contributed by atoms with Crippen molar-refractivity contribution in [3.05, 3.63) is 0 Å². The van der Waals surface area contributed by atoms with E-state index in [2.05, 4.69) is 0 Å². The molecule has 0 spiro atoms. The fourth-order valence-electron chi connectivity index (χ4n) is 2.67. The Morgan fingerprint density at radius 1 is 1.25 bits per heavy atom. The number of hydrogen-bond acceptors (Lipinski definition) is 3. The first kappa shape index (κ1) is 16.7. The normalized spacial score (nSPS) is 22.9. The molecule has 1 N–H and O–H groups in total. The maximum Gasteiger partial charge on any atom is 0.326 e. The molecule has 1 amide bonds. The van der Waals surface area contributed by atoms with Gasteiger partial charge < -0.3 is 10.0 Å². The van der Waals surface area contributed by atoms with Gasteiger partial charge in [-0.05, 0) is 25.2 Å². The van der Waals surface area contributed by atoms with Crippen molar-refractivity contribution in [3.63, 3.8) is 0 Å². The van der Waals surface area contributed by atoms with Crippen LogP contribution in [0, 0.1) is 11.3 Å². The molecule has 20 heavy (non-hydrogen) atoms. The number of carbonyl (C=O) groups is 3. The van der Waals surface area contributed by atoms with Crippen LogP contribution in [-0.4, -0.2) is 40.3 Å². The van der Waals surface area contributed by atoms with E-state index in [4.69, 9.17) is 0 Å². The second-order valence-corrected chi connectivity index (χ2v) is 6.19. The maximum absolute atomic E-state index is 12.3.